The van der Waals surface area contributed by atoms with Crippen molar-refractivity contribution in [1.82, 2.24) is 9.55 Å². The minimum Gasteiger partial charge on any atom is -0.492 e. The van der Waals surface area contributed by atoms with Crippen molar-refractivity contribution in [2.75, 3.05) is 6.61 Å². The van der Waals surface area contributed by atoms with Crippen LogP contribution in [0.2, 0.25) is 0 Å². The molecule has 2 rings (SSSR count). The number of hydrogen-bond donors (Lipinski definition) is 2. The van der Waals surface area contributed by atoms with Crippen LogP contribution in [0.1, 0.15) is 0 Å². The zero-order valence-electron chi connectivity index (χ0n) is 9.86. The summed E-state index contributed by atoms with van der Waals surface area (Å²) in [7, 11) is 0. The van der Waals surface area contributed by atoms with Gasteiger partial charge in [0.05, 0.1) is 18.6 Å². The number of guanidine groups is 1. The van der Waals surface area contributed by atoms with Crippen molar-refractivity contribution in [3.63, 3.8) is 0 Å². The molecule has 0 unspecified atom stereocenters. The zero-order chi connectivity index (χ0) is 12.8. The van der Waals surface area contributed by atoms with Crippen molar-refractivity contribution in [3.8, 4) is 5.75 Å². The van der Waals surface area contributed by atoms with E-state index in [1.165, 1.54) is 0 Å². The highest BCUT2D eigenvalue weighted by Gasteiger charge is 1.97. The summed E-state index contributed by atoms with van der Waals surface area (Å²) >= 11 is 0. The minimum atomic E-state index is 0.0329. The van der Waals surface area contributed by atoms with E-state index in [2.05, 4.69) is 9.98 Å². The van der Waals surface area contributed by atoms with Crippen LogP contribution in [0.4, 0.5) is 5.69 Å². The SMILES string of the molecule is NC(N)=Nc1cccc(OCCn2ccnc2)c1. The number of aromatic nitrogens is 2. The first-order valence-corrected chi connectivity index (χ1v) is 5.52. The van der Waals surface area contributed by atoms with Crippen LogP contribution in [0.5, 0.6) is 5.75 Å². The van der Waals surface area contributed by atoms with Crippen LogP contribution in [0.25, 0.3) is 0 Å². The molecule has 1 heterocycles. The molecule has 0 aliphatic carbocycles. The van der Waals surface area contributed by atoms with E-state index in [-0.39, 0.29) is 5.96 Å². The maximum atomic E-state index is 5.60. The smallest absolute Gasteiger partial charge is 0.191 e. The Morgan fingerprint density at radius 1 is 1.39 bits per heavy atom. The van der Waals surface area contributed by atoms with Gasteiger partial charge in [-0.1, -0.05) is 6.07 Å². The van der Waals surface area contributed by atoms with Gasteiger partial charge in [0.25, 0.3) is 0 Å². The Labute approximate surface area is 105 Å². The molecule has 94 valence electrons. The highest BCUT2D eigenvalue weighted by Crippen LogP contribution is 2.19. The van der Waals surface area contributed by atoms with Gasteiger partial charge >= 0.3 is 0 Å². The lowest BCUT2D eigenvalue weighted by Crippen LogP contribution is -2.21. The summed E-state index contributed by atoms with van der Waals surface area (Å²) in [5.74, 6) is 0.767. The molecule has 0 atom stereocenters. The molecule has 6 nitrogen and oxygen atoms in total. The number of ether oxygens (including phenoxy) is 1. The first-order valence-electron chi connectivity index (χ1n) is 5.52. The quantitative estimate of drug-likeness (QED) is 0.604. The lowest BCUT2D eigenvalue weighted by Gasteiger charge is -2.07. The molecule has 2 aromatic rings. The summed E-state index contributed by atoms with van der Waals surface area (Å²) in [5, 5.41) is 0. The van der Waals surface area contributed by atoms with Crippen LogP contribution in [0.3, 0.4) is 0 Å². The number of nitrogens with zero attached hydrogens (tertiary/aromatic N) is 3. The Morgan fingerprint density at radius 3 is 3.00 bits per heavy atom. The maximum Gasteiger partial charge on any atom is 0.191 e. The molecule has 0 amide bonds. The molecule has 0 saturated heterocycles. The van der Waals surface area contributed by atoms with Crippen molar-refractivity contribution in [2.24, 2.45) is 16.5 Å². The summed E-state index contributed by atoms with van der Waals surface area (Å²) < 4.78 is 7.55. The van der Waals surface area contributed by atoms with E-state index < -0.39 is 0 Å². The Balaban J connectivity index is 1.91. The standard InChI is InChI=1S/C12H15N5O/c13-12(14)16-10-2-1-3-11(8-10)18-7-6-17-5-4-15-9-17/h1-5,8-9H,6-7H2,(H4,13,14,16). The summed E-state index contributed by atoms with van der Waals surface area (Å²) in [6.07, 6.45) is 5.37. The minimum absolute atomic E-state index is 0.0329. The van der Waals surface area contributed by atoms with Gasteiger partial charge in [-0.2, -0.15) is 0 Å². The highest BCUT2D eigenvalue weighted by atomic mass is 16.5. The van der Waals surface area contributed by atoms with E-state index in [4.69, 9.17) is 16.2 Å². The molecule has 0 spiro atoms. The predicted molar refractivity (Wildman–Crippen MR) is 69.6 cm³/mol. The molecule has 0 saturated carbocycles. The molecule has 1 aromatic heterocycles. The van der Waals surface area contributed by atoms with Crippen molar-refractivity contribution >= 4 is 11.6 Å². The van der Waals surface area contributed by atoms with Crippen LogP contribution < -0.4 is 16.2 Å². The maximum absolute atomic E-state index is 5.60. The highest BCUT2D eigenvalue weighted by molar-refractivity contribution is 5.79. The van der Waals surface area contributed by atoms with Crippen molar-refractivity contribution in [3.05, 3.63) is 43.0 Å². The van der Waals surface area contributed by atoms with Crippen molar-refractivity contribution < 1.29 is 4.74 Å². The number of aliphatic imine (C=N–C) groups is 1. The molecule has 0 fully saturated rings. The normalized spacial score (nSPS) is 10.0. The molecular formula is C12H15N5O. The Bertz CT molecular complexity index is 517. The number of nitrogens with two attached hydrogens (primary N) is 2. The molecule has 0 aliphatic heterocycles. The van der Waals surface area contributed by atoms with Gasteiger partial charge in [-0.15, -0.1) is 0 Å². The van der Waals surface area contributed by atoms with E-state index in [1.807, 2.05) is 29.0 Å². The second-order valence-corrected chi connectivity index (χ2v) is 3.68. The largest absolute Gasteiger partial charge is 0.492 e. The van der Waals surface area contributed by atoms with E-state index in [0.29, 0.717) is 12.3 Å². The average Bonchev–Trinajstić information content (AvgIpc) is 2.82. The fraction of sp³-hybridized carbons (Fsp3) is 0.167. The number of rotatable bonds is 5. The van der Waals surface area contributed by atoms with Crippen LogP contribution >= 0.6 is 0 Å². The van der Waals surface area contributed by atoms with E-state index in [1.54, 1.807) is 18.6 Å². The fourth-order valence-electron chi connectivity index (χ4n) is 1.48. The third-order valence-electron chi connectivity index (χ3n) is 2.25. The van der Waals surface area contributed by atoms with Gasteiger partial charge < -0.3 is 20.8 Å². The van der Waals surface area contributed by atoms with Gasteiger partial charge in [-0.25, -0.2) is 9.98 Å². The van der Waals surface area contributed by atoms with Gasteiger partial charge in [-0.05, 0) is 12.1 Å². The summed E-state index contributed by atoms with van der Waals surface area (Å²) in [6.45, 7) is 1.30. The predicted octanol–water partition coefficient (Wildman–Crippen LogP) is 0.867. The van der Waals surface area contributed by atoms with Gasteiger partial charge in [-0.3, -0.25) is 0 Å². The Hall–Kier alpha value is -2.50. The van der Waals surface area contributed by atoms with Gasteiger partial charge in [0.15, 0.2) is 5.96 Å². The van der Waals surface area contributed by atoms with E-state index >= 15 is 0 Å². The molecule has 1 aromatic carbocycles. The lowest BCUT2D eigenvalue weighted by atomic mass is 10.3. The van der Waals surface area contributed by atoms with Crippen LogP contribution in [0, 0.1) is 0 Å². The molecule has 0 aliphatic rings. The molecule has 18 heavy (non-hydrogen) atoms. The van der Waals surface area contributed by atoms with E-state index in [9.17, 15) is 0 Å². The topological polar surface area (TPSA) is 91.5 Å². The second kappa shape index (κ2) is 5.72. The zero-order valence-corrected chi connectivity index (χ0v) is 9.86. The van der Waals surface area contributed by atoms with Crippen LogP contribution in [-0.4, -0.2) is 22.1 Å². The van der Waals surface area contributed by atoms with Gasteiger partial charge in [0, 0.05) is 18.5 Å². The average molecular weight is 245 g/mol. The number of imidazole rings is 1. The molecule has 0 radical (unpaired) electrons. The molecule has 0 bridgehead atoms. The molecule has 4 N–H and O–H groups in total. The lowest BCUT2D eigenvalue weighted by molar-refractivity contribution is 0.298. The van der Waals surface area contributed by atoms with Gasteiger partial charge in [0.2, 0.25) is 0 Å². The Morgan fingerprint density at radius 2 is 2.28 bits per heavy atom. The van der Waals surface area contributed by atoms with Crippen LogP contribution in [-0.2, 0) is 6.54 Å². The fourth-order valence-corrected chi connectivity index (χ4v) is 1.48. The summed E-state index contributed by atoms with van der Waals surface area (Å²) in [5.41, 5.74) is 11.3. The third kappa shape index (κ3) is 3.51. The monoisotopic (exact) mass is 245 g/mol. The molecular weight excluding hydrogens is 230 g/mol. The first-order chi connectivity index (χ1) is 8.74. The van der Waals surface area contributed by atoms with Gasteiger partial charge in [0.1, 0.15) is 12.4 Å². The van der Waals surface area contributed by atoms with E-state index in [0.717, 1.165) is 12.3 Å². The van der Waals surface area contributed by atoms with Crippen LogP contribution in [0.15, 0.2) is 48.0 Å². The second-order valence-electron chi connectivity index (χ2n) is 3.68. The molecule has 6 heteroatoms. The third-order valence-corrected chi connectivity index (χ3v) is 2.25. The Kier molecular flexibility index (Phi) is 3.80. The van der Waals surface area contributed by atoms with Crippen molar-refractivity contribution in [1.29, 1.82) is 0 Å². The first kappa shape index (κ1) is 12.0. The van der Waals surface area contributed by atoms with Crippen molar-refractivity contribution in [2.45, 2.75) is 6.54 Å². The summed E-state index contributed by atoms with van der Waals surface area (Å²) in [6, 6.07) is 7.30. The number of hydrogen-bond acceptors (Lipinski definition) is 3. The number of benzene rings is 1. The summed E-state index contributed by atoms with van der Waals surface area (Å²) in [4.78, 5) is 7.91.